The first kappa shape index (κ1) is 22.4. The van der Waals surface area contributed by atoms with Crippen molar-refractivity contribution in [1.82, 2.24) is 9.88 Å². The van der Waals surface area contributed by atoms with E-state index in [1.807, 2.05) is 30.3 Å². The lowest BCUT2D eigenvalue weighted by Crippen LogP contribution is -2.34. The van der Waals surface area contributed by atoms with Gasteiger partial charge in [-0.1, -0.05) is 18.2 Å². The minimum absolute atomic E-state index is 0.253. The summed E-state index contributed by atoms with van der Waals surface area (Å²) in [5.74, 6) is -1.24. The highest BCUT2D eigenvalue weighted by Crippen LogP contribution is 2.28. The number of pyridine rings is 1. The number of carbonyl (C=O) groups excluding carboxylic acids is 2. The quantitative estimate of drug-likeness (QED) is 0.671. The summed E-state index contributed by atoms with van der Waals surface area (Å²) in [4.78, 5) is 37.7. The molecule has 0 aliphatic carbocycles. The Kier molecular flexibility index (Phi) is 6.98. The topological polar surface area (TPSA) is 80.6 Å². The maximum atomic E-state index is 12.7. The predicted molar refractivity (Wildman–Crippen MR) is 106 cm³/mol. The molecule has 1 N–H and O–H groups in total. The number of esters is 1. The van der Waals surface area contributed by atoms with Crippen LogP contribution in [-0.4, -0.2) is 42.7 Å². The average molecular weight is 437 g/mol. The number of benzene rings is 1. The molecule has 2 aromatic rings. The molecular formula is C21H22F3N3O4. The van der Waals surface area contributed by atoms with E-state index in [2.05, 4.69) is 10.2 Å². The standard InChI is InChI=1S/C21H22F3N3O4/c22-21(23,24)16-6-7-19(29)27(12-16)13-20(30)31-14-18(28)25-10-15-8-9-26(11-15)17-4-2-1-3-5-17/h1-7,12,15H,8-11,13-14H2,(H,25,28). The van der Waals surface area contributed by atoms with Gasteiger partial charge in [-0.05, 0) is 30.5 Å². The van der Waals surface area contributed by atoms with E-state index in [0.29, 0.717) is 23.4 Å². The lowest BCUT2D eigenvalue weighted by molar-refractivity contribution is -0.149. The fraction of sp³-hybridized carbons (Fsp3) is 0.381. The van der Waals surface area contributed by atoms with Gasteiger partial charge in [-0.15, -0.1) is 0 Å². The van der Waals surface area contributed by atoms with E-state index in [9.17, 15) is 27.6 Å². The molecule has 1 aromatic heterocycles. The van der Waals surface area contributed by atoms with Crippen LogP contribution in [0, 0.1) is 5.92 Å². The van der Waals surface area contributed by atoms with E-state index in [-0.39, 0.29) is 5.92 Å². The molecule has 7 nitrogen and oxygen atoms in total. The van der Waals surface area contributed by atoms with Gasteiger partial charge in [0.25, 0.3) is 11.5 Å². The molecular weight excluding hydrogens is 415 g/mol. The van der Waals surface area contributed by atoms with Crippen molar-refractivity contribution in [2.45, 2.75) is 19.1 Å². The van der Waals surface area contributed by atoms with Crippen LogP contribution in [-0.2, 0) is 27.0 Å². The molecule has 1 atom stereocenters. The minimum atomic E-state index is -4.64. The minimum Gasteiger partial charge on any atom is -0.454 e. The first-order chi connectivity index (χ1) is 14.7. The average Bonchev–Trinajstić information content (AvgIpc) is 3.21. The second-order valence-corrected chi connectivity index (χ2v) is 7.28. The largest absolute Gasteiger partial charge is 0.454 e. The lowest BCUT2D eigenvalue weighted by Gasteiger charge is -2.18. The van der Waals surface area contributed by atoms with E-state index in [1.165, 1.54) is 0 Å². The van der Waals surface area contributed by atoms with Crippen LogP contribution in [0.3, 0.4) is 0 Å². The summed E-state index contributed by atoms with van der Waals surface area (Å²) in [6, 6.07) is 11.3. The molecule has 31 heavy (non-hydrogen) atoms. The van der Waals surface area contributed by atoms with Gasteiger partial charge in [-0.3, -0.25) is 14.4 Å². The molecule has 1 saturated heterocycles. The van der Waals surface area contributed by atoms with Crippen LogP contribution in [0.1, 0.15) is 12.0 Å². The number of alkyl halides is 3. The molecule has 166 valence electrons. The van der Waals surface area contributed by atoms with Gasteiger partial charge in [-0.2, -0.15) is 13.2 Å². The third-order valence-electron chi connectivity index (χ3n) is 4.97. The zero-order chi connectivity index (χ0) is 22.4. The van der Waals surface area contributed by atoms with E-state index in [0.717, 1.165) is 31.3 Å². The molecule has 1 aromatic carbocycles. The Bertz CT molecular complexity index is 976. The Morgan fingerprint density at radius 1 is 1.13 bits per heavy atom. The number of ether oxygens (including phenoxy) is 1. The molecule has 0 bridgehead atoms. The molecule has 0 saturated carbocycles. The van der Waals surface area contributed by atoms with Crippen LogP contribution in [0.2, 0.25) is 0 Å². The zero-order valence-corrected chi connectivity index (χ0v) is 16.6. The van der Waals surface area contributed by atoms with Crippen molar-refractivity contribution in [3.63, 3.8) is 0 Å². The molecule has 1 amide bonds. The number of aromatic nitrogens is 1. The number of nitrogens with zero attached hydrogens (tertiary/aromatic N) is 2. The van der Waals surface area contributed by atoms with Crippen molar-refractivity contribution in [3.05, 3.63) is 64.6 Å². The molecule has 3 rings (SSSR count). The predicted octanol–water partition coefficient (Wildman–Crippen LogP) is 2.05. The van der Waals surface area contributed by atoms with Gasteiger partial charge < -0.3 is 19.5 Å². The van der Waals surface area contributed by atoms with E-state index >= 15 is 0 Å². The highest BCUT2D eigenvalue weighted by atomic mass is 19.4. The summed E-state index contributed by atoms with van der Waals surface area (Å²) >= 11 is 0. The van der Waals surface area contributed by atoms with Gasteiger partial charge in [0.2, 0.25) is 0 Å². The van der Waals surface area contributed by atoms with Crippen molar-refractivity contribution in [1.29, 1.82) is 0 Å². The number of amides is 1. The van der Waals surface area contributed by atoms with Crippen LogP contribution < -0.4 is 15.8 Å². The maximum Gasteiger partial charge on any atom is 0.417 e. The second-order valence-electron chi connectivity index (χ2n) is 7.28. The van der Waals surface area contributed by atoms with Crippen molar-refractivity contribution in [2.75, 3.05) is 31.1 Å². The smallest absolute Gasteiger partial charge is 0.417 e. The zero-order valence-electron chi connectivity index (χ0n) is 16.6. The van der Waals surface area contributed by atoms with Crippen molar-refractivity contribution < 1.29 is 27.5 Å². The van der Waals surface area contributed by atoms with Gasteiger partial charge in [0.05, 0.1) is 5.56 Å². The fourth-order valence-electron chi connectivity index (χ4n) is 3.34. The Hall–Kier alpha value is -3.30. The third kappa shape index (κ3) is 6.34. The van der Waals surface area contributed by atoms with Gasteiger partial charge >= 0.3 is 12.1 Å². The molecule has 1 fully saturated rings. The Morgan fingerprint density at radius 3 is 2.58 bits per heavy atom. The number of anilines is 1. The SMILES string of the molecule is O=C(COC(=O)Cn1cc(C(F)(F)F)ccc1=O)NCC1CCN(c2ccccc2)C1. The first-order valence-corrected chi connectivity index (χ1v) is 9.72. The second kappa shape index (κ2) is 9.67. The first-order valence-electron chi connectivity index (χ1n) is 9.72. The molecule has 1 aliphatic heterocycles. The highest BCUT2D eigenvalue weighted by Gasteiger charge is 2.31. The van der Waals surface area contributed by atoms with Crippen LogP contribution >= 0.6 is 0 Å². The summed E-state index contributed by atoms with van der Waals surface area (Å²) < 4.78 is 43.6. The van der Waals surface area contributed by atoms with Crippen LogP contribution in [0.5, 0.6) is 0 Å². The molecule has 0 radical (unpaired) electrons. The number of para-hydroxylation sites is 1. The van der Waals surface area contributed by atoms with Gasteiger partial charge in [0.15, 0.2) is 6.61 Å². The Labute approximate surface area is 176 Å². The van der Waals surface area contributed by atoms with E-state index in [1.54, 1.807) is 0 Å². The van der Waals surface area contributed by atoms with Crippen LogP contribution in [0.15, 0.2) is 53.5 Å². The van der Waals surface area contributed by atoms with Crippen LogP contribution in [0.4, 0.5) is 18.9 Å². The van der Waals surface area contributed by atoms with Crippen molar-refractivity contribution in [2.24, 2.45) is 5.92 Å². The number of carbonyl (C=O) groups is 2. The molecule has 0 spiro atoms. The number of hydrogen-bond acceptors (Lipinski definition) is 5. The summed E-state index contributed by atoms with van der Waals surface area (Å²) in [5, 5.41) is 2.70. The summed E-state index contributed by atoms with van der Waals surface area (Å²) in [6.07, 6.45) is -3.19. The Balaban J connectivity index is 1.41. The maximum absolute atomic E-state index is 12.7. The van der Waals surface area contributed by atoms with E-state index < -0.39 is 42.3 Å². The lowest BCUT2D eigenvalue weighted by atomic mass is 10.1. The normalized spacial score (nSPS) is 16.2. The van der Waals surface area contributed by atoms with E-state index in [4.69, 9.17) is 4.74 Å². The third-order valence-corrected chi connectivity index (χ3v) is 4.97. The number of nitrogens with one attached hydrogen (secondary N) is 1. The molecule has 10 heteroatoms. The number of halogens is 3. The monoisotopic (exact) mass is 437 g/mol. The fourth-order valence-corrected chi connectivity index (χ4v) is 3.34. The van der Waals surface area contributed by atoms with Crippen molar-refractivity contribution >= 4 is 17.6 Å². The Morgan fingerprint density at radius 2 is 1.87 bits per heavy atom. The molecule has 1 aliphatic rings. The van der Waals surface area contributed by atoms with Gasteiger partial charge in [0, 0.05) is 37.6 Å². The molecule has 1 unspecified atom stereocenters. The van der Waals surface area contributed by atoms with Gasteiger partial charge in [0.1, 0.15) is 6.54 Å². The van der Waals surface area contributed by atoms with Crippen LogP contribution in [0.25, 0.3) is 0 Å². The number of hydrogen-bond donors (Lipinski definition) is 1. The molecule has 2 heterocycles. The summed E-state index contributed by atoms with van der Waals surface area (Å²) in [5.41, 5.74) is -0.715. The van der Waals surface area contributed by atoms with Gasteiger partial charge in [-0.25, -0.2) is 0 Å². The summed E-state index contributed by atoms with van der Waals surface area (Å²) in [6.45, 7) is 0.812. The summed E-state index contributed by atoms with van der Waals surface area (Å²) in [7, 11) is 0. The van der Waals surface area contributed by atoms with Crippen molar-refractivity contribution in [3.8, 4) is 0 Å². The highest BCUT2D eigenvalue weighted by molar-refractivity contribution is 5.80. The number of rotatable bonds is 7.